The van der Waals surface area contributed by atoms with Gasteiger partial charge in [-0.3, -0.25) is 0 Å². The Morgan fingerprint density at radius 2 is 1.95 bits per heavy atom. The summed E-state index contributed by atoms with van der Waals surface area (Å²) in [5.41, 5.74) is 6.77. The first-order valence-electron chi connectivity index (χ1n) is 6.32. The predicted molar refractivity (Wildman–Crippen MR) is 78.3 cm³/mol. The zero-order valence-corrected chi connectivity index (χ0v) is 11.1. The average molecular weight is 257 g/mol. The van der Waals surface area contributed by atoms with Crippen LogP contribution in [0.3, 0.4) is 0 Å². The largest absolute Gasteiger partial charge is 0.409 e. The molecule has 100 valence electrons. The molecule has 0 heterocycles. The van der Waals surface area contributed by atoms with Gasteiger partial charge in [0.2, 0.25) is 0 Å². The quantitative estimate of drug-likeness (QED) is 0.374. The van der Waals surface area contributed by atoms with E-state index in [1.54, 1.807) is 0 Å². The van der Waals surface area contributed by atoms with Gasteiger partial charge in [-0.25, -0.2) is 0 Å². The summed E-state index contributed by atoms with van der Waals surface area (Å²) >= 11 is 0. The fourth-order valence-electron chi connectivity index (χ4n) is 2.16. The van der Waals surface area contributed by atoms with Crippen molar-refractivity contribution in [3.8, 4) is 0 Å². The van der Waals surface area contributed by atoms with Crippen molar-refractivity contribution in [2.24, 2.45) is 10.9 Å². The van der Waals surface area contributed by atoms with Crippen molar-refractivity contribution in [1.29, 1.82) is 0 Å². The summed E-state index contributed by atoms with van der Waals surface area (Å²) in [6, 6.07) is 14.7. The average Bonchev–Trinajstić information content (AvgIpc) is 2.45. The molecule has 0 amide bonds. The molecular formula is C15H19N3O. The van der Waals surface area contributed by atoms with Crippen LogP contribution in [0.1, 0.15) is 12.0 Å². The van der Waals surface area contributed by atoms with Gasteiger partial charge in [0.05, 0.1) is 0 Å². The van der Waals surface area contributed by atoms with Gasteiger partial charge in [0, 0.05) is 19.5 Å². The first-order chi connectivity index (χ1) is 9.20. The molecule has 0 saturated heterocycles. The van der Waals surface area contributed by atoms with Crippen LogP contribution in [-0.4, -0.2) is 29.5 Å². The van der Waals surface area contributed by atoms with E-state index in [0.717, 1.165) is 13.1 Å². The van der Waals surface area contributed by atoms with Gasteiger partial charge in [-0.05, 0) is 23.4 Å². The van der Waals surface area contributed by atoms with Gasteiger partial charge in [-0.1, -0.05) is 47.6 Å². The molecule has 0 atom stereocenters. The Morgan fingerprint density at radius 1 is 1.21 bits per heavy atom. The Balaban J connectivity index is 2.08. The lowest BCUT2D eigenvalue weighted by atomic mass is 10.0. The molecule has 4 heteroatoms. The predicted octanol–water partition coefficient (Wildman–Crippen LogP) is 2.41. The monoisotopic (exact) mass is 257 g/mol. The molecule has 19 heavy (non-hydrogen) atoms. The van der Waals surface area contributed by atoms with Crippen molar-refractivity contribution < 1.29 is 5.21 Å². The van der Waals surface area contributed by atoms with Crippen molar-refractivity contribution in [2.75, 3.05) is 13.6 Å². The van der Waals surface area contributed by atoms with Crippen LogP contribution in [0.25, 0.3) is 10.8 Å². The fraction of sp³-hybridized carbons (Fsp3) is 0.267. The number of hydrogen-bond donors (Lipinski definition) is 2. The van der Waals surface area contributed by atoms with Crippen molar-refractivity contribution >= 4 is 16.6 Å². The third-order valence-electron chi connectivity index (χ3n) is 3.20. The van der Waals surface area contributed by atoms with Crippen LogP contribution in [0, 0.1) is 0 Å². The lowest BCUT2D eigenvalue weighted by molar-refractivity contribution is 0.310. The number of hydrogen-bond acceptors (Lipinski definition) is 3. The molecule has 0 bridgehead atoms. The van der Waals surface area contributed by atoms with Crippen LogP contribution >= 0.6 is 0 Å². The summed E-state index contributed by atoms with van der Waals surface area (Å²) in [7, 11) is 2.03. The molecule has 0 saturated carbocycles. The first kappa shape index (κ1) is 13.4. The molecule has 0 radical (unpaired) electrons. The number of fused-ring (bicyclic) bond motifs is 1. The van der Waals surface area contributed by atoms with E-state index in [0.29, 0.717) is 6.42 Å². The van der Waals surface area contributed by atoms with E-state index in [2.05, 4.69) is 46.5 Å². The number of rotatable bonds is 5. The standard InChI is InChI=1S/C15H19N3O/c1-18(10-9-15(16)17-19)11-13-7-4-6-12-5-2-3-8-14(12)13/h2-8,19H,9-11H2,1H3,(H2,16,17). The maximum absolute atomic E-state index is 8.52. The Hall–Kier alpha value is -2.07. The molecular weight excluding hydrogens is 238 g/mol. The molecule has 4 nitrogen and oxygen atoms in total. The zero-order valence-electron chi connectivity index (χ0n) is 11.1. The second-order valence-electron chi connectivity index (χ2n) is 4.72. The third-order valence-corrected chi connectivity index (χ3v) is 3.20. The Labute approximate surface area is 113 Å². The van der Waals surface area contributed by atoms with Gasteiger partial charge in [0.25, 0.3) is 0 Å². The lowest BCUT2D eigenvalue weighted by Gasteiger charge is -2.17. The first-order valence-corrected chi connectivity index (χ1v) is 6.32. The summed E-state index contributed by atoms with van der Waals surface area (Å²) in [6.07, 6.45) is 0.567. The molecule has 0 fully saturated rings. The van der Waals surface area contributed by atoms with Gasteiger partial charge in [0.15, 0.2) is 0 Å². The summed E-state index contributed by atoms with van der Waals surface area (Å²) in [5.74, 6) is 0.268. The topological polar surface area (TPSA) is 61.8 Å². The molecule has 3 N–H and O–H groups in total. The summed E-state index contributed by atoms with van der Waals surface area (Å²) in [4.78, 5) is 2.17. The van der Waals surface area contributed by atoms with Gasteiger partial charge in [0.1, 0.15) is 5.84 Å². The lowest BCUT2D eigenvalue weighted by Crippen LogP contribution is -2.24. The Bertz CT molecular complexity index is 575. The molecule has 2 rings (SSSR count). The van der Waals surface area contributed by atoms with E-state index >= 15 is 0 Å². The van der Waals surface area contributed by atoms with Crippen molar-refractivity contribution in [1.82, 2.24) is 4.90 Å². The van der Waals surface area contributed by atoms with Crippen LogP contribution in [0.4, 0.5) is 0 Å². The molecule has 2 aromatic carbocycles. The van der Waals surface area contributed by atoms with Crippen LogP contribution < -0.4 is 5.73 Å². The maximum Gasteiger partial charge on any atom is 0.140 e. The Kier molecular flexibility index (Phi) is 4.36. The highest BCUT2D eigenvalue weighted by molar-refractivity contribution is 5.85. The van der Waals surface area contributed by atoms with Crippen LogP contribution in [0.2, 0.25) is 0 Å². The number of nitrogens with two attached hydrogens (primary N) is 1. The van der Waals surface area contributed by atoms with Crippen LogP contribution in [0.5, 0.6) is 0 Å². The number of nitrogens with zero attached hydrogens (tertiary/aromatic N) is 2. The summed E-state index contributed by atoms with van der Waals surface area (Å²) in [6.45, 7) is 1.61. The SMILES string of the molecule is CN(CC/C(N)=N/O)Cc1cccc2ccccc12. The van der Waals surface area contributed by atoms with E-state index in [1.165, 1.54) is 16.3 Å². The summed E-state index contributed by atoms with van der Waals surface area (Å²) in [5, 5.41) is 14.0. The van der Waals surface area contributed by atoms with Gasteiger partial charge in [-0.2, -0.15) is 0 Å². The second-order valence-corrected chi connectivity index (χ2v) is 4.72. The molecule has 0 aliphatic heterocycles. The van der Waals surface area contributed by atoms with Gasteiger partial charge >= 0.3 is 0 Å². The van der Waals surface area contributed by atoms with Crippen molar-refractivity contribution in [2.45, 2.75) is 13.0 Å². The van der Waals surface area contributed by atoms with Gasteiger partial charge < -0.3 is 15.8 Å². The minimum absolute atomic E-state index is 0.268. The number of oxime groups is 1. The van der Waals surface area contributed by atoms with E-state index in [-0.39, 0.29) is 5.84 Å². The zero-order chi connectivity index (χ0) is 13.7. The molecule has 2 aromatic rings. The highest BCUT2D eigenvalue weighted by atomic mass is 16.4. The van der Waals surface area contributed by atoms with Crippen molar-refractivity contribution in [3.05, 3.63) is 48.0 Å². The summed E-state index contributed by atoms with van der Waals surface area (Å²) < 4.78 is 0. The molecule has 0 aliphatic rings. The highest BCUT2D eigenvalue weighted by Gasteiger charge is 2.05. The number of amidine groups is 1. The van der Waals surface area contributed by atoms with Crippen molar-refractivity contribution in [3.63, 3.8) is 0 Å². The molecule has 0 unspecified atom stereocenters. The second kappa shape index (κ2) is 6.20. The molecule has 0 aromatic heterocycles. The normalized spacial score (nSPS) is 12.2. The number of benzene rings is 2. The van der Waals surface area contributed by atoms with E-state index < -0.39 is 0 Å². The molecule has 0 spiro atoms. The smallest absolute Gasteiger partial charge is 0.140 e. The fourth-order valence-corrected chi connectivity index (χ4v) is 2.16. The molecule has 0 aliphatic carbocycles. The van der Waals surface area contributed by atoms with Crippen LogP contribution in [-0.2, 0) is 6.54 Å². The van der Waals surface area contributed by atoms with Gasteiger partial charge in [-0.15, -0.1) is 0 Å². The highest BCUT2D eigenvalue weighted by Crippen LogP contribution is 2.19. The third kappa shape index (κ3) is 3.45. The van der Waals surface area contributed by atoms with E-state index in [4.69, 9.17) is 10.9 Å². The van der Waals surface area contributed by atoms with E-state index in [1.807, 2.05) is 13.1 Å². The minimum Gasteiger partial charge on any atom is -0.409 e. The van der Waals surface area contributed by atoms with Crippen LogP contribution in [0.15, 0.2) is 47.6 Å². The van der Waals surface area contributed by atoms with E-state index in [9.17, 15) is 0 Å². The minimum atomic E-state index is 0.268. The maximum atomic E-state index is 8.52. The Morgan fingerprint density at radius 3 is 2.74 bits per heavy atom.